The van der Waals surface area contributed by atoms with Gasteiger partial charge in [0.2, 0.25) is 0 Å². The molecule has 2 aromatic carbocycles. The standard InChI is InChI=1S/C21H22O4/c1-3-4-5-6-15-24-19-11-9-18(10-12-19)21(23)25-20-13-7-17(8-14-20)16(2)22/h3,7-14H,1,4-6,15H2,2H3. The molecule has 4 nitrogen and oxygen atoms in total. The number of esters is 1. The second kappa shape index (κ2) is 9.42. The van der Waals surface area contributed by atoms with Gasteiger partial charge >= 0.3 is 5.97 Å². The second-order valence-corrected chi connectivity index (χ2v) is 5.63. The van der Waals surface area contributed by atoms with E-state index < -0.39 is 5.97 Å². The summed E-state index contributed by atoms with van der Waals surface area (Å²) in [7, 11) is 0. The Bertz CT molecular complexity index is 715. The van der Waals surface area contributed by atoms with E-state index in [0.29, 0.717) is 23.5 Å². The van der Waals surface area contributed by atoms with E-state index >= 15 is 0 Å². The fourth-order valence-corrected chi connectivity index (χ4v) is 2.19. The molecule has 0 saturated heterocycles. The maximum atomic E-state index is 12.1. The number of benzene rings is 2. The van der Waals surface area contributed by atoms with E-state index in [0.717, 1.165) is 25.0 Å². The van der Waals surface area contributed by atoms with Crippen LogP contribution in [0.4, 0.5) is 0 Å². The lowest BCUT2D eigenvalue weighted by molar-refractivity contribution is 0.0734. The van der Waals surface area contributed by atoms with Crippen LogP contribution in [0.25, 0.3) is 0 Å². The molecule has 0 amide bonds. The van der Waals surface area contributed by atoms with Crippen molar-refractivity contribution in [1.29, 1.82) is 0 Å². The lowest BCUT2D eigenvalue weighted by atomic mass is 10.1. The van der Waals surface area contributed by atoms with Crippen LogP contribution in [0.1, 0.15) is 46.9 Å². The molecule has 0 spiro atoms. The van der Waals surface area contributed by atoms with Gasteiger partial charge in [-0.15, -0.1) is 6.58 Å². The molecule has 0 unspecified atom stereocenters. The summed E-state index contributed by atoms with van der Waals surface area (Å²) in [5.41, 5.74) is 1.02. The van der Waals surface area contributed by atoms with Gasteiger partial charge in [-0.1, -0.05) is 6.08 Å². The van der Waals surface area contributed by atoms with Crippen LogP contribution in [0.3, 0.4) is 0 Å². The lowest BCUT2D eigenvalue weighted by Crippen LogP contribution is -2.08. The molecule has 0 aromatic heterocycles. The van der Waals surface area contributed by atoms with Gasteiger partial charge in [-0.05, 0) is 74.7 Å². The van der Waals surface area contributed by atoms with Gasteiger partial charge in [-0.25, -0.2) is 4.79 Å². The first kappa shape index (κ1) is 18.5. The Kier molecular flexibility index (Phi) is 6.96. The molecule has 25 heavy (non-hydrogen) atoms. The Balaban J connectivity index is 1.87. The molecular formula is C21H22O4. The largest absolute Gasteiger partial charge is 0.494 e. The van der Waals surface area contributed by atoms with E-state index in [1.807, 2.05) is 6.08 Å². The molecule has 2 aromatic rings. The maximum absolute atomic E-state index is 12.1. The normalized spacial score (nSPS) is 10.1. The SMILES string of the molecule is C=CCCCCOc1ccc(C(=O)Oc2ccc(C(C)=O)cc2)cc1. The number of Topliss-reactive ketones (excluding diaryl/α,β-unsaturated/α-hetero) is 1. The highest BCUT2D eigenvalue weighted by Crippen LogP contribution is 2.17. The number of ketones is 1. The number of hydrogen-bond acceptors (Lipinski definition) is 4. The summed E-state index contributed by atoms with van der Waals surface area (Å²) in [5.74, 6) is 0.643. The van der Waals surface area contributed by atoms with Crippen LogP contribution in [0.2, 0.25) is 0 Å². The zero-order valence-corrected chi connectivity index (χ0v) is 14.4. The van der Waals surface area contributed by atoms with Gasteiger partial charge in [0.15, 0.2) is 5.78 Å². The van der Waals surface area contributed by atoms with Gasteiger partial charge in [0.1, 0.15) is 11.5 Å². The molecule has 0 heterocycles. The van der Waals surface area contributed by atoms with Crippen LogP contribution in [0.15, 0.2) is 61.2 Å². The van der Waals surface area contributed by atoms with Crippen molar-refractivity contribution < 1.29 is 19.1 Å². The quantitative estimate of drug-likeness (QED) is 0.216. The van der Waals surface area contributed by atoms with Gasteiger partial charge < -0.3 is 9.47 Å². The van der Waals surface area contributed by atoms with Crippen LogP contribution < -0.4 is 9.47 Å². The van der Waals surface area contributed by atoms with Crippen molar-refractivity contribution in [2.24, 2.45) is 0 Å². The van der Waals surface area contributed by atoms with Gasteiger partial charge in [0.25, 0.3) is 0 Å². The molecule has 0 radical (unpaired) electrons. The number of carbonyl (C=O) groups excluding carboxylic acids is 2. The monoisotopic (exact) mass is 338 g/mol. The van der Waals surface area contributed by atoms with Crippen LogP contribution in [0.5, 0.6) is 11.5 Å². The van der Waals surface area contributed by atoms with Crippen molar-refractivity contribution in [2.75, 3.05) is 6.61 Å². The summed E-state index contributed by atoms with van der Waals surface area (Å²) in [6, 6.07) is 13.3. The fraction of sp³-hybridized carbons (Fsp3) is 0.238. The topological polar surface area (TPSA) is 52.6 Å². The van der Waals surface area contributed by atoms with Crippen molar-refractivity contribution in [2.45, 2.75) is 26.2 Å². The molecule has 130 valence electrons. The number of ether oxygens (including phenoxy) is 2. The average molecular weight is 338 g/mol. The Hall–Kier alpha value is -2.88. The van der Waals surface area contributed by atoms with Crippen LogP contribution in [0, 0.1) is 0 Å². The number of hydrogen-bond donors (Lipinski definition) is 0. The molecule has 0 bridgehead atoms. The minimum absolute atomic E-state index is 0.0297. The average Bonchev–Trinajstić information content (AvgIpc) is 2.62. The van der Waals surface area contributed by atoms with E-state index in [9.17, 15) is 9.59 Å². The third kappa shape index (κ3) is 5.92. The highest BCUT2D eigenvalue weighted by Gasteiger charge is 2.09. The Morgan fingerprint density at radius 1 is 0.920 bits per heavy atom. The first-order chi connectivity index (χ1) is 12.1. The van der Waals surface area contributed by atoms with E-state index in [4.69, 9.17) is 9.47 Å². The summed E-state index contributed by atoms with van der Waals surface area (Å²) in [5, 5.41) is 0. The Morgan fingerprint density at radius 2 is 1.52 bits per heavy atom. The van der Waals surface area contributed by atoms with Gasteiger partial charge in [-0.3, -0.25) is 4.79 Å². The minimum atomic E-state index is -0.451. The maximum Gasteiger partial charge on any atom is 0.343 e. The minimum Gasteiger partial charge on any atom is -0.494 e. The molecule has 0 N–H and O–H groups in total. The first-order valence-electron chi connectivity index (χ1n) is 8.27. The van der Waals surface area contributed by atoms with E-state index in [1.54, 1.807) is 48.5 Å². The molecule has 0 atom stereocenters. The predicted molar refractivity (Wildman–Crippen MR) is 97.4 cm³/mol. The van der Waals surface area contributed by atoms with E-state index in [2.05, 4.69) is 6.58 Å². The fourth-order valence-electron chi connectivity index (χ4n) is 2.19. The summed E-state index contributed by atoms with van der Waals surface area (Å²) in [6.07, 6.45) is 4.90. The van der Waals surface area contributed by atoms with Crippen molar-refractivity contribution >= 4 is 11.8 Å². The second-order valence-electron chi connectivity index (χ2n) is 5.63. The summed E-state index contributed by atoms with van der Waals surface area (Å²) >= 11 is 0. The van der Waals surface area contributed by atoms with Crippen molar-refractivity contribution in [3.8, 4) is 11.5 Å². The van der Waals surface area contributed by atoms with Crippen LogP contribution >= 0.6 is 0 Å². The molecule has 0 aliphatic rings. The van der Waals surface area contributed by atoms with Crippen LogP contribution in [-0.4, -0.2) is 18.4 Å². The van der Waals surface area contributed by atoms with E-state index in [-0.39, 0.29) is 5.78 Å². The highest BCUT2D eigenvalue weighted by molar-refractivity contribution is 5.94. The number of unbranched alkanes of at least 4 members (excludes halogenated alkanes) is 2. The molecule has 0 saturated carbocycles. The predicted octanol–water partition coefficient (Wildman–Crippen LogP) is 4.84. The Morgan fingerprint density at radius 3 is 2.12 bits per heavy atom. The molecule has 0 aliphatic carbocycles. The molecule has 2 rings (SSSR count). The highest BCUT2D eigenvalue weighted by atomic mass is 16.5. The number of rotatable bonds is 9. The number of allylic oxidation sites excluding steroid dienone is 1. The molecule has 0 aliphatic heterocycles. The first-order valence-corrected chi connectivity index (χ1v) is 8.27. The van der Waals surface area contributed by atoms with E-state index in [1.165, 1.54) is 6.92 Å². The summed E-state index contributed by atoms with van der Waals surface area (Å²) < 4.78 is 10.9. The molecular weight excluding hydrogens is 316 g/mol. The van der Waals surface area contributed by atoms with Gasteiger partial charge in [0.05, 0.1) is 12.2 Å². The lowest BCUT2D eigenvalue weighted by Gasteiger charge is -2.07. The zero-order chi connectivity index (χ0) is 18.1. The Labute approximate surface area is 148 Å². The van der Waals surface area contributed by atoms with Gasteiger partial charge in [0, 0.05) is 5.56 Å². The van der Waals surface area contributed by atoms with Gasteiger partial charge in [-0.2, -0.15) is 0 Å². The smallest absolute Gasteiger partial charge is 0.343 e. The summed E-state index contributed by atoms with van der Waals surface area (Å²) in [4.78, 5) is 23.4. The summed E-state index contributed by atoms with van der Waals surface area (Å²) in [6.45, 7) is 5.81. The molecule has 0 fully saturated rings. The van der Waals surface area contributed by atoms with Crippen molar-refractivity contribution in [3.05, 3.63) is 72.3 Å². The zero-order valence-electron chi connectivity index (χ0n) is 14.4. The van der Waals surface area contributed by atoms with Crippen molar-refractivity contribution in [1.82, 2.24) is 0 Å². The molecule has 4 heteroatoms. The van der Waals surface area contributed by atoms with Crippen molar-refractivity contribution in [3.63, 3.8) is 0 Å². The third-order valence-corrected chi connectivity index (χ3v) is 3.63. The van der Waals surface area contributed by atoms with Crippen LogP contribution in [-0.2, 0) is 0 Å². The third-order valence-electron chi connectivity index (χ3n) is 3.63. The number of carbonyl (C=O) groups is 2.